The van der Waals surface area contributed by atoms with Crippen LogP contribution < -0.4 is 0 Å². The van der Waals surface area contributed by atoms with E-state index in [1.165, 1.54) is 23.3 Å². The summed E-state index contributed by atoms with van der Waals surface area (Å²) in [4.78, 5) is 15.3. The average Bonchev–Trinajstić information content (AvgIpc) is 3.00. The Balaban J connectivity index is 1.53. The van der Waals surface area contributed by atoms with Gasteiger partial charge in [-0.25, -0.2) is 4.39 Å². The Morgan fingerprint density at radius 3 is 2.74 bits per heavy atom. The minimum absolute atomic E-state index is 0.168. The van der Waals surface area contributed by atoms with Crippen molar-refractivity contribution in [1.29, 1.82) is 0 Å². The summed E-state index contributed by atoms with van der Waals surface area (Å²) in [5.41, 5.74) is 2.65. The summed E-state index contributed by atoms with van der Waals surface area (Å²) in [6.07, 6.45) is 2.55. The molecule has 1 aliphatic rings. The van der Waals surface area contributed by atoms with Crippen molar-refractivity contribution < 1.29 is 9.18 Å². The van der Waals surface area contributed by atoms with Crippen molar-refractivity contribution in [1.82, 2.24) is 4.90 Å². The molecule has 0 spiro atoms. The van der Waals surface area contributed by atoms with E-state index in [9.17, 15) is 9.18 Å². The van der Waals surface area contributed by atoms with Gasteiger partial charge < -0.3 is 4.90 Å². The molecule has 2 aromatic carbocycles. The maximum atomic E-state index is 12.9. The molecule has 1 atom stereocenters. The van der Waals surface area contributed by atoms with Crippen molar-refractivity contribution in [3.63, 3.8) is 0 Å². The highest BCUT2D eigenvalue weighted by atomic mass is 32.2. The number of hydrogen-bond acceptors (Lipinski definition) is 2. The van der Waals surface area contributed by atoms with Gasteiger partial charge in [-0.1, -0.05) is 24.3 Å². The normalized spacial score (nSPS) is 16.2. The largest absolute Gasteiger partial charge is 0.339 e. The smallest absolute Gasteiger partial charge is 0.223 e. The van der Waals surface area contributed by atoms with E-state index in [2.05, 4.69) is 18.2 Å². The lowest BCUT2D eigenvalue weighted by molar-refractivity contribution is -0.131. The van der Waals surface area contributed by atoms with E-state index in [-0.39, 0.29) is 17.8 Å². The third-order valence-electron chi connectivity index (χ3n) is 4.36. The Morgan fingerprint density at radius 2 is 1.96 bits per heavy atom. The SMILES string of the molecule is CN(C(=O)CCSc1ccc(F)cc1)C1CCc2ccccc21. The van der Waals surface area contributed by atoms with Gasteiger partial charge in [0.05, 0.1) is 6.04 Å². The second-order valence-corrected chi connectivity index (χ2v) is 6.98. The molecule has 0 radical (unpaired) electrons. The zero-order valence-corrected chi connectivity index (χ0v) is 14.0. The number of aryl methyl sites for hydroxylation is 1. The molecule has 1 unspecified atom stereocenters. The molecule has 0 aromatic heterocycles. The van der Waals surface area contributed by atoms with Gasteiger partial charge in [-0.2, -0.15) is 0 Å². The van der Waals surface area contributed by atoms with Crippen molar-refractivity contribution in [3.8, 4) is 0 Å². The van der Waals surface area contributed by atoms with Crippen molar-refractivity contribution >= 4 is 17.7 Å². The third-order valence-corrected chi connectivity index (χ3v) is 5.37. The number of halogens is 1. The van der Waals surface area contributed by atoms with Gasteiger partial charge in [0.15, 0.2) is 0 Å². The topological polar surface area (TPSA) is 20.3 Å². The van der Waals surface area contributed by atoms with Gasteiger partial charge in [0, 0.05) is 24.1 Å². The minimum Gasteiger partial charge on any atom is -0.339 e. The molecular weight excluding hydrogens is 309 g/mol. The zero-order valence-electron chi connectivity index (χ0n) is 13.2. The van der Waals surface area contributed by atoms with Gasteiger partial charge in [0.1, 0.15) is 5.82 Å². The zero-order chi connectivity index (χ0) is 16.2. The highest BCUT2D eigenvalue weighted by Crippen LogP contribution is 2.35. The van der Waals surface area contributed by atoms with Crippen LogP contribution in [0.1, 0.15) is 30.0 Å². The van der Waals surface area contributed by atoms with Crippen LogP contribution in [0.2, 0.25) is 0 Å². The van der Waals surface area contributed by atoms with Gasteiger partial charge in [0.2, 0.25) is 5.91 Å². The number of thioether (sulfide) groups is 1. The first-order chi connectivity index (χ1) is 11.1. The number of amides is 1. The quantitative estimate of drug-likeness (QED) is 0.755. The minimum atomic E-state index is -0.231. The molecule has 0 saturated carbocycles. The standard InChI is InChI=1S/C19H20FNOS/c1-21(18-11-6-14-4-2-3-5-17(14)18)19(22)12-13-23-16-9-7-15(20)8-10-16/h2-5,7-10,18H,6,11-13H2,1H3. The molecular formula is C19H20FNOS. The van der Waals surface area contributed by atoms with E-state index in [1.54, 1.807) is 23.9 Å². The van der Waals surface area contributed by atoms with E-state index in [4.69, 9.17) is 0 Å². The van der Waals surface area contributed by atoms with Crippen molar-refractivity contribution in [2.24, 2.45) is 0 Å². The number of nitrogens with zero attached hydrogens (tertiary/aromatic N) is 1. The van der Waals surface area contributed by atoms with Crippen LogP contribution >= 0.6 is 11.8 Å². The molecule has 2 aromatic rings. The number of fused-ring (bicyclic) bond motifs is 1. The van der Waals surface area contributed by atoms with Crippen LogP contribution in [0.4, 0.5) is 4.39 Å². The predicted molar refractivity (Wildman–Crippen MR) is 92.0 cm³/mol. The molecule has 0 saturated heterocycles. The van der Waals surface area contributed by atoms with E-state index in [0.717, 1.165) is 17.7 Å². The molecule has 0 fully saturated rings. The van der Waals surface area contributed by atoms with Crippen LogP contribution in [0.15, 0.2) is 53.4 Å². The number of carbonyl (C=O) groups is 1. The fourth-order valence-electron chi connectivity index (χ4n) is 3.07. The molecule has 3 rings (SSSR count). The van der Waals surface area contributed by atoms with Crippen molar-refractivity contribution in [3.05, 3.63) is 65.5 Å². The first-order valence-electron chi connectivity index (χ1n) is 7.87. The molecule has 1 aliphatic carbocycles. The van der Waals surface area contributed by atoms with Crippen LogP contribution in [0.5, 0.6) is 0 Å². The van der Waals surface area contributed by atoms with Crippen LogP contribution in [0.3, 0.4) is 0 Å². The first-order valence-corrected chi connectivity index (χ1v) is 8.85. The van der Waals surface area contributed by atoms with E-state index < -0.39 is 0 Å². The summed E-state index contributed by atoms with van der Waals surface area (Å²) in [6.45, 7) is 0. The second-order valence-electron chi connectivity index (χ2n) is 5.81. The van der Waals surface area contributed by atoms with Crippen LogP contribution in [-0.2, 0) is 11.2 Å². The number of rotatable bonds is 5. The van der Waals surface area contributed by atoms with Gasteiger partial charge >= 0.3 is 0 Å². The maximum absolute atomic E-state index is 12.9. The Labute approximate surface area is 140 Å². The van der Waals surface area contributed by atoms with Crippen molar-refractivity contribution in [2.75, 3.05) is 12.8 Å². The summed E-state index contributed by atoms with van der Waals surface area (Å²) in [5.74, 6) is 0.648. The molecule has 0 heterocycles. The summed E-state index contributed by atoms with van der Waals surface area (Å²) in [5, 5.41) is 0. The Hall–Kier alpha value is -1.81. The van der Waals surface area contributed by atoms with Gasteiger partial charge in [-0.15, -0.1) is 11.8 Å². The molecule has 23 heavy (non-hydrogen) atoms. The molecule has 4 heteroatoms. The lowest BCUT2D eigenvalue weighted by Gasteiger charge is -2.25. The van der Waals surface area contributed by atoms with E-state index >= 15 is 0 Å². The number of hydrogen-bond donors (Lipinski definition) is 0. The molecule has 1 amide bonds. The monoisotopic (exact) mass is 329 g/mol. The Bertz CT molecular complexity index is 686. The highest BCUT2D eigenvalue weighted by Gasteiger charge is 2.27. The molecule has 0 aliphatic heterocycles. The summed E-state index contributed by atoms with van der Waals surface area (Å²) in [7, 11) is 1.90. The molecule has 120 valence electrons. The predicted octanol–water partition coefficient (Wildman–Crippen LogP) is 4.45. The van der Waals surface area contributed by atoms with Crippen LogP contribution in [0, 0.1) is 5.82 Å². The molecule has 0 bridgehead atoms. The summed E-state index contributed by atoms with van der Waals surface area (Å²) >= 11 is 1.59. The fourth-order valence-corrected chi connectivity index (χ4v) is 3.92. The van der Waals surface area contributed by atoms with Gasteiger partial charge in [-0.3, -0.25) is 4.79 Å². The summed E-state index contributed by atoms with van der Waals surface area (Å²) < 4.78 is 12.9. The van der Waals surface area contributed by atoms with Crippen molar-refractivity contribution in [2.45, 2.75) is 30.2 Å². The maximum Gasteiger partial charge on any atom is 0.223 e. The van der Waals surface area contributed by atoms with Crippen LogP contribution in [0.25, 0.3) is 0 Å². The van der Waals surface area contributed by atoms with Gasteiger partial charge in [-0.05, 0) is 48.2 Å². The van der Waals surface area contributed by atoms with E-state index in [0.29, 0.717) is 12.2 Å². The van der Waals surface area contributed by atoms with Crippen LogP contribution in [-0.4, -0.2) is 23.6 Å². The lowest BCUT2D eigenvalue weighted by Crippen LogP contribution is -2.30. The second kappa shape index (κ2) is 7.18. The first kappa shape index (κ1) is 16.1. The Morgan fingerprint density at radius 1 is 1.22 bits per heavy atom. The third kappa shape index (κ3) is 3.75. The van der Waals surface area contributed by atoms with Gasteiger partial charge in [0.25, 0.3) is 0 Å². The Kier molecular flexibility index (Phi) is 5.01. The molecule has 0 N–H and O–H groups in total. The van der Waals surface area contributed by atoms with E-state index in [1.807, 2.05) is 18.0 Å². The average molecular weight is 329 g/mol. The number of benzene rings is 2. The molecule has 2 nitrogen and oxygen atoms in total. The number of carbonyl (C=O) groups excluding carboxylic acids is 1. The lowest BCUT2D eigenvalue weighted by atomic mass is 10.1. The summed E-state index contributed by atoms with van der Waals surface area (Å²) in [6, 6.07) is 15.0. The highest BCUT2D eigenvalue weighted by molar-refractivity contribution is 7.99. The fraction of sp³-hybridized carbons (Fsp3) is 0.316.